The van der Waals surface area contributed by atoms with Crippen molar-refractivity contribution in [1.29, 1.82) is 0 Å². The molecule has 0 aromatic heterocycles. The van der Waals surface area contributed by atoms with E-state index in [1.165, 1.54) is 0 Å². The van der Waals surface area contributed by atoms with Gasteiger partial charge in [-0.2, -0.15) is 0 Å². The molecule has 182 valence electrons. The van der Waals surface area contributed by atoms with Crippen molar-refractivity contribution in [3.8, 4) is 0 Å². The van der Waals surface area contributed by atoms with Gasteiger partial charge in [0.1, 0.15) is 13.2 Å². The van der Waals surface area contributed by atoms with Gasteiger partial charge < -0.3 is 38.2 Å². The van der Waals surface area contributed by atoms with E-state index in [-0.39, 0.29) is 32.5 Å². The Morgan fingerprint density at radius 3 is 1.83 bits per heavy atom. The van der Waals surface area contributed by atoms with Gasteiger partial charge in [0.25, 0.3) is 0 Å². The first-order chi connectivity index (χ1) is 14.3. The lowest BCUT2D eigenvalue weighted by Gasteiger charge is -2.19. The molecule has 0 bridgehead atoms. The van der Waals surface area contributed by atoms with Crippen LogP contribution in [0.3, 0.4) is 0 Å². The van der Waals surface area contributed by atoms with Crippen molar-refractivity contribution in [3.63, 3.8) is 0 Å². The molecule has 6 atom stereocenters. The molecule has 0 aliphatic rings. The molecule has 12 heteroatoms. The summed E-state index contributed by atoms with van der Waals surface area (Å²) in [5, 5.41) is 18.6. The molecule has 0 spiro atoms. The summed E-state index contributed by atoms with van der Waals surface area (Å²) in [6.45, 7) is 8.06. The summed E-state index contributed by atoms with van der Waals surface area (Å²) in [6, 6.07) is 0. The minimum absolute atomic E-state index is 0.00542. The summed E-state index contributed by atoms with van der Waals surface area (Å²) >= 11 is 0. The first-order valence-corrected chi connectivity index (χ1v) is 13.5. The van der Waals surface area contributed by atoms with Crippen LogP contribution in [0, 0.1) is 0 Å². The third-order valence-corrected chi connectivity index (χ3v) is 6.13. The highest BCUT2D eigenvalue weighted by molar-refractivity contribution is 7.39. The molecule has 0 saturated heterocycles. The van der Waals surface area contributed by atoms with Gasteiger partial charge in [0.15, 0.2) is 28.6 Å². The predicted molar refractivity (Wildman–Crippen MR) is 115 cm³/mol. The Kier molecular flexibility index (Phi) is 19.9. The van der Waals surface area contributed by atoms with Gasteiger partial charge in [-0.3, -0.25) is 9.13 Å². The monoisotopic (exact) mass is 478 g/mol. The van der Waals surface area contributed by atoms with Crippen LogP contribution in [0.5, 0.6) is 0 Å². The standard InChI is InChI=1S/C18H40O10P2/c1-5-23-17(20)13-26-18(24-6-2)14-28-30(22)10-8-7-9-29(21)27-12-16(4)25-11-15(3)19/h15-20,29-30H,5-14H2,1-4H3. The Morgan fingerprint density at radius 1 is 0.733 bits per heavy atom. The van der Waals surface area contributed by atoms with Crippen molar-refractivity contribution in [2.45, 2.75) is 65.3 Å². The van der Waals surface area contributed by atoms with Crippen LogP contribution in [-0.2, 0) is 37.1 Å². The van der Waals surface area contributed by atoms with Gasteiger partial charge in [-0.15, -0.1) is 0 Å². The van der Waals surface area contributed by atoms with Crippen molar-refractivity contribution < 1.29 is 47.3 Å². The highest BCUT2D eigenvalue weighted by atomic mass is 31.1. The van der Waals surface area contributed by atoms with Gasteiger partial charge in [-0.1, -0.05) is 0 Å². The smallest absolute Gasteiger partial charge is 0.191 e. The number of aliphatic hydroxyl groups excluding tert-OH is 2. The lowest BCUT2D eigenvalue weighted by molar-refractivity contribution is -0.207. The third-order valence-electron chi connectivity index (χ3n) is 3.63. The molecule has 0 rings (SSSR count). The van der Waals surface area contributed by atoms with Crippen LogP contribution in [0.2, 0.25) is 0 Å². The van der Waals surface area contributed by atoms with E-state index in [1.54, 1.807) is 27.7 Å². The van der Waals surface area contributed by atoms with Crippen LogP contribution in [0.25, 0.3) is 0 Å². The molecule has 0 radical (unpaired) electrons. The van der Waals surface area contributed by atoms with Crippen LogP contribution < -0.4 is 0 Å². The van der Waals surface area contributed by atoms with Gasteiger partial charge in [0, 0.05) is 25.5 Å². The summed E-state index contributed by atoms with van der Waals surface area (Å²) in [4.78, 5) is 0. The van der Waals surface area contributed by atoms with E-state index >= 15 is 0 Å². The van der Waals surface area contributed by atoms with Crippen LogP contribution >= 0.6 is 16.1 Å². The molecule has 6 unspecified atom stereocenters. The van der Waals surface area contributed by atoms with Crippen LogP contribution in [-0.4, -0.2) is 87.0 Å². The fourth-order valence-corrected chi connectivity index (χ4v) is 4.27. The Hall–Kier alpha value is 0.140. The van der Waals surface area contributed by atoms with Crippen LogP contribution in [0.1, 0.15) is 40.5 Å². The molecule has 0 heterocycles. The zero-order valence-corrected chi connectivity index (χ0v) is 20.5. The Morgan fingerprint density at radius 2 is 1.30 bits per heavy atom. The molecular formula is C18H40O10P2. The Bertz CT molecular complexity index is 453. The lowest BCUT2D eigenvalue weighted by Crippen LogP contribution is -2.28. The molecule has 0 aliphatic carbocycles. The number of rotatable bonds is 21. The number of hydrogen-bond acceptors (Lipinski definition) is 10. The number of ether oxygens (including phenoxy) is 4. The largest absolute Gasteiger partial charge is 0.391 e. The maximum atomic E-state index is 12.0. The fourth-order valence-electron chi connectivity index (χ4n) is 2.17. The second kappa shape index (κ2) is 19.8. The minimum Gasteiger partial charge on any atom is -0.391 e. The van der Waals surface area contributed by atoms with Gasteiger partial charge in [0.2, 0.25) is 0 Å². The zero-order chi connectivity index (χ0) is 22.8. The zero-order valence-electron chi connectivity index (χ0n) is 18.5. The number of aliphatic hydroxyl groups is 2. The lowest BCUT2D eigenvalue weighted by atomic mass is 10.4. The van der Waals surface area contributed by atoms with E-state index in [0.29, 0.717) is 38.4 Å². The number of unbranched alkanes of at least 4 members (excludes halogenated alkanes) is 1. The van der Waals surface area contributed by atoms with Crippen molar-refractivity contribution in [2.24, 2.45) is 0 Å². The quantitative estimate of drug-likeness (QED) is 0.144. The number of hydrogen-bond donors (Lipinski definition) is 2. The fraction of sp³-hybridized carbons (Fsp3) is 1.00. The van der Waals surface area contributed by atoms with Crippen molar-refractivity contribution in [2.75, 3.05) is 52.0 Å². The average Bonchev–Trinajstić information content (AvgIpc) is 2.70. The molecule has 0 aliphatic heterocycles. The molecule has 0 amide bonds. The second-order valence-corrected chi connectivity index (χ2v) is 9.76. The van der Waals surface area contributed by atoms with Gasteiger partial charge >= 0.3 is 0 Å². The molecule has 0 aromatic rings. The molecule has 0 fully saturated rings. The molecule has 10 nitrogen and oxygen atoms in total. The second-order valence-electron chi connectivity index (χ2n) is 6.69. The van der Waals surface area contributed by atoms with Crippen LogP contribution in [0.15, 0.2) is 0 Å². The molecule has 2 N–H and O–H groups in total. The first kappa shape index (κ1) is 30.1. The van der Waals surface area contributed by atoms with Gasteiger partial charge in [0.05, 0.1) is 25.4 Å². The first-order valence-electron chi connectivity index (χ1n) is 10.4. The van der Waals surface area contributed by atoms with Gasteiger partial charge in [-0.05, 0) is 40.5 Å². The maximum Gasteiger partial charge on any atom is 0.191 e. The summed E-state index contributed by atoms with van der Waals surface area (Å²) in [5.74, 6) is 0. The van der Waals surface area contributed by atoms with E-state index in [1.807, 2.05) is 0 Å². The third kappa shape index (κ3) is 18.9. The Labute approximate surface area is 181 Å². The minimum atomic E-state index is -2.27. The molecule has 0 saturated carbocycles. The highest BCUT2D eigenvalue weighted by Gasteiger charge is 2.14. The van der Waals surface area contributed by atoms with E-state index in [0.717, 1.165) is 0 Å². The highest BCUT2D eigenvalue weighted by Crippen LogP contribution is 2.28. The van der Waals surface area contributed by atoms with Gasteiger partial charge in [-0.25, -0.2) is 0 Å². The van der Waals surface area contributed by atoms with E-state index in [9.17, 15) is 14.2 Å². The van der Waals surface area contributed by atoms with Crippen molar-refractivity contribution in [3.05, 3.63) is 0 Å². The van der Waals surface area contributed by atoms with Crippen molar-refractivity contribution in [1.82, 2.24) is 0 Å². The summed E-state index contributed by atoms with van der Waals surface area (Å²) < 4.78 is 55.5. The normalized spacial score (nSPS) is 17.9. The maximum absolute atomic E-state index is 12.0. The average molecular weight is 478 g/mol. The van der Waals surface area contributed by atoms with E-state index < -0.39 is 34.7 Å². The van der Waals surface area contributed by atoms with E-state index in [2.05, 4.69) is 0 Å². The summed E-state index contributed by atoms with van der Waals surface area (Å²) in [5.41, 5.74) is 0. The topological polar surface area (TPSA) is 130 Å². The summed E-state index contributed by atoms with van der Waals surface area (Å²) in [6.07, 6.45) is -0.575. The molecular weight excluding hydrogens is 438 g/mol. The van der Waals surface area contributed by atoms with E-state index in [4.69, 9.17) is 33.1 Å². The van der Waals surface area contributed by atoms with Crippen molar-refractivity contribution >= 4 is 16.1 Å². The SMILES string of the molecule is CCOC(O)COC(CO[PH](=O)CCCC[PH](=O)OCC(C)OCC(C)O)OCC. The van der Waals surface area contributed by atoms with Crippen LogP contribution in [0.4, 0.5) is 0 Å². The summed E-state index contributed by atoms with van der Waals surface area (Å²) in [7, 11) is -4.44. The Balaban J connectivity index is 3.87. The molecule has 0 aromatic carbocycles. The predicted octanol–water partition coefficient (Wildman–Crippen LogP) is 2.27. The molecule has 30 heavy (non-hydrogen) atoms.